The minimum absolute atomic E-state index is 0.0211. The summed E-state index contributed by atoms with van der Waals surface area (Å²) >= 11 is 1.85. The summed E-state index contributed by atoms with van der Waals surface area (Å²) < 4.78 is 27.4. The van der Waals surface area contributed by atoms with Gasteiger partial charge in [-0.3, -0.25) is 0 Å². The van der Waals surface area contributed by atoms with E-state index in [0.29, 0.717) is 10.9 Å². The van der Waals surface area contributed by atoms with Gasteiger partial charge in [-0.2, -0.15) is 11.8 Å². The van der Waals surface area contributed by atoms with E-state index in [-0.39, 0.29) is 11.8 Å². The lowest BCUT2D eigenvalue weighted by Crippen LogP contribution is -2.39. The van der Waals surface area contributed by atoms with Crippen molar-refractivity contribution in [3.05, 3.63) is 29.8 Å². The third-order valence-corrected chi connectivity index (χ3v) is 6.20. The summed E-state index contributed by atoms with van der Waals surface area (Å²) in [4.78, 5) is 0. The van der Waals surface area contributed by atoms with Crippen molar-refractivity contribution in [1.29, 1.82) is 0 Å². The van der Waals surface area contributed by atoms with Gasteiger partial charge in [-0.05, 0) is 36.3 Å². The zero-order chi connectivity index (χ0) is 14.6. The molecule has 0 heterocycles. The molecule has 0 amide bonds. The van der Waals surface area contributed by atoms with E-state index < -0.39 is 10.0 Å². The Balaban J connectivity index is 1.98. The van der Waals surface area contributed by atoms with Gasteiger partial charge in [0.15, 0.2) is 0 Å². The van der Waals surface area contributed by atoms with Crippen molar-refractivity contribution in [3.8, 4) is 0 Å². The first kappa shape index (κ1) is 15.7. The predicted molar refractivity (Wildman–Crippen MR) is 86.2 cm³/mol. The van der Waals surface area contributed by atoms with E-state index in [4.69, 9.17) is 5.73 Å². The van der Waals surface area contributed by atoms with E-state index in [0.717, 1.165) is 30.6 Å². The number of sulfonamides is 1. The summed E-state index contributed by atoms with van der Waals surface area (Å²) in [6, 6.07) is 7.08. The number of thioether (sulfide) groups is 1. The van der Waals surface area contributed by atoms with Crippen LogP contribution in [-0.2, 0) is 15.8 Å². The Morgan fingerprint density at radius 2 is 2.00 bits per heavy atom. The van der Waals surface area contributed by atoms with Crippen LogP contribution >= 0.6 is 11.8 Å². The maximum absolute atomic E-state index is 12.2. The number of nitrogens with one attached hydrogen (secondary N) is 1. The van der Waals surface area contributed by atoms with Gasteiger partial charge in [0.2, 0.25) is 10.0 Å². The van der Waals surface area contributed by atoms with Crippen molar-refractivity contribution < 1.29 is 8.42 Å². The van der Waals surface area contributed by atoms with Crippen molar-refractivity contribution in [2.45, 2.75) is 43.2 Å². The lowest BCUT2D eigenvalue weighted by Gasteiger charge is -2.20. The Kier molecular flexibility index (Phi) is 5.35. The van der Waals surface area contributed by atoms with Crippen molar-refractivity contribution in [2.75, 3.05) is 11.5 Å². The second-order valence-corrected chi connectivity index (χ2v) is 8.42. The monoisotopic (exact) mass is 314 g/mol. The van der Waals surface area contributed by atoms with Gasteiger partial charge in [-0.25, -0.2) is 13.1 Å². The van der Waals surface area contributed by atoms with Gasteiger partial charge in [0, 0.05) is 17.0 Å². The third-order valence-electron chi connectivity index (χ3n) is 3.50. The number of nitrogens with two attached hydrogens (primary N) is 1. The second-order valence-electron chi connectivity index (χ2n) is 5.15. The van der Waals surface area contributed by atoms with Crippen molar-refractivity contribution in [2.24, 2.45) is 0 Å². The molecule has 0 bridgehead atoms. The van der Waals surface area contributed by atoms with E-state index in [2.05, 4.69) is 11.6 Å². The lowest BCUT2D eigenvalue weighted by molar-refractivity contribution is 0.554. The van der Waals surface area contributed by atoms with Gasteiger partial charge in [0.05, 0.1) is 5.75 Å². The maximum atomic E-state index is 12.2. The van der Waals surface area contributed by atoms with E-state index >= 15 is 0 Å². The molecule has 1 aliphatic carbocycles. The average molecular weight is 314 g/mol. The lowest BCUT2D eigenvalue weighted by atomic mass is 10.2. The zero-order valence-corrected chi connectivity index (χ0v) is 13.3. The molecule has 0 spiro atoms. The number of benzene rings is 1. The van der Waals surface area contributed by atoms with Crippen LogP contribution in [-0.4, -0.2) is 25.5 Å². The Morgan fingerprint density at radius 3 is 2.65 bits per heavy atom. The van der Waals surface area contributed by atoms with Crippen LogP contribution in [0.5, 0.6) is 0 Å². The average Bonchev–Trinajstić information content (AvgIpc) is 2.79. The molecule has 0 aromatic heterocycles. The molecule has 20 heavy (non-hydrogen) atoms. The van der Waals surface area contributed by atoms with Crippen molar-refractivity contribution >= 4 is 27.5 Å². The minimum atomic E-state index is -3.29. The first-order valence-electron chi connectivity index (χ1n) is 6.96. The highest BCUT2D eigenvalue weighted by atomic mass is 32.2. The molecule has 2 rings (SSSR count). The smallest absolute Gasteiger partial charge is 0.216 e. The molecule has 1 saturated carbocycles. The molecular formula is C14H22N2O2S2. The van der Waals surface area contributed by atoms with Gasteiger partial charge in [-0.1, -0.05) is 25.5 Å². The molecule has 2 atom stereocenters. The van der Waals surface area contributed by atoms with Gasteiger partial charge in [0.1, 0.15) is 0 Å². The molecule has 6 heteroatoms. The fourth-order valence-electron chi connectivity index (χ4n) is 2.58. The molecule has 1 fully saturated rings. The van der Waals surface area contributed by atoms with E-state index in [1.807, 2.05) is 11.8 Å². The minimum Gasteiger partial charge on any atom is -0.399 e. The van der Waals surface area contributed by atoms with Crippen LogP contribution in [0.2, 0.25) is 0 Å². The first-order valence-corrected chi connectivity index (χ1v) is 9.66. The number of rotatable bonds is 6. The number of anilines is 1. The van der Waals surface area contributed by atoms with Crippen LogP contribution in [0.4, 0.5) is 5.69 Å². The Hall–Kier alpha value is -0.720. The largest absolute Gasteiger partial charge is 0.399 e. The SMILES string of the molecule is CCSC1CCCC1NS(=O)(=O)Cc1ccc(N)cc1. The molecule has 4 nitrogen and oxygen atoms in total. The number of hydrogen-bond donors (Lipinski definition) is 2. The van der Waals surface area contributed by atoms with Crippen molar-refractivity contribution in [1.82, 2.24) is 4.72 Å². The fraction of sp³-hybridized carbons (Fsp3) is 0.571. The quantitative estimate of drug-likeness (QED) is 0.791. The molecule has 2 unspecified atom stereocenters. The molecule has 3 N–H and O–H groups in total. The predicted octanol–water partition coefficient (Wildman–Crippen LogP) is 2.36. The standard InChI is InChI=1S/C14H22N2O2S2/c1-2-19-14-5-3-4-13(14)16-20(17,18)10-11-6-8-12(15)9-7-11/h6-9,13-14,16H,2-5,10,15H2,1H3. The molecule has 0 aliphatic heterocycles. The third kappa shape index (κ3) is 4.40. The summed E-state index contributed by atoms with van der Waals surface area (Å²) in [6.45, 7) is 2.11. The molecular weight excluding hydrogens is 292 g/mol. The maximum Gasteiger partial charge on any atom is 0.216 e. The Bertz CT molecular complexity index is 529. The molecule has 112 valence electrons. The molecule has 0 radical (unpaired) electrons. The summed E-state index contributed by atoms with van der Waals surface area (Å²) in [6.07, 6.45) is 3.15. The summed E-state index contributed by atoms with van der Waals surface area (Å²) in [5.41, 5.74) is 7.02. The summed E-state index contributed by atoms with van der Waals surface area (Å²) in [5, 5.41) is 0.418. The molecule has 0 saturated heterocycles. The van der Waals surface area contributed by atoms with E-state index in [9.17, 15) is 8.42 Å². The van der Waals surface area contributed by atoms with Crippen LogP contribution in [0.3, 0.4) is 0 Å². The fourth-order valence-corrected chi connectivity index (χ4v) is 5.32. The highest BCUT2D eigenvalue weighted by Crippen LogP contribution is 2.30. The summed E-state index contributed by atoms with van der Waals surface area (Å²) in [5.74, 6) is 1.05. The topological polar surface area (TPSA) is 72.2 Å². The van der Waals surface area contributed by atoms with Crippen molar-refractivity contribution in [3.63, 3.8) is 0 Å². The van der Waals surface area contributed by atoms with Gasteiger partial charge in [-0.15, -0.1) is 0 Å². The zero-order valence-electron chi connectivity index (χ0n) is 11.7. The van der Waals surface area contributed by atoms with Gasteiger partial charge in [0.25, 0.3) is 0 Å². The van der Waals surface area contributed by atoms with Crippen LogP contribution in [0.1, 0.15) is 31.7 Å². The molecule has 1 aliphatic rings. The van der Waals surface area contributed by atoms with E-state index in [1.165, 1.54) is 0 Å². The highest BCUT2D eigenvalue weighted by molar-refractivity contribution is 8.00. The van der Waals surface area contributed by atoms with Crippen LogP contribution in [0, 0.1) is 0 Å². The molecule has 1 aromatic rings. The highest BCUT2D eigenvalue weighted by Gasteiger charge is 2.30. The molecule has 1 aromatic carbocycles. The summed E-state index contributed by atoms with van der Waals surface area (Å²) in [7, 11) is -3.29. The Labute approximate surface area is 125 Å². The van der Waals surface area contributed by atoms with E-state index in [1.54, 1.807) is 24.3 Å². The Morgan fingerprint density at radius 1 is 1.30 bits per heavy atom. The van der Waals surface area contributed by atoms with Crippen LogP contribution < -0.4 is 10.5 Å². The number of nitrogen functional groups attached to an aromatic ring is 1. The van der Waals surface area contributed by atoms with Crippen LogP contribution in [0.15, 0.2) is 24.3 Å². The first-order chi connectivity index (χ1) is 9.50. The van der Waals surface area contributed by atoms with Crippen LogP contribution in [0.25, 0.3) is 0 Å². The number of hydrogen-bond acceptors (Lipinski definition) is 4. The normalized spacial score (nSPS) is 23.1. The second kappa shape index (κ2) is 6.83. The van der Waals surface area contributed by atoms with Gasteiger partial charge < -0.3 is 5.73 Å². The van der Waals surface area contributed by atoms with Gasteiger partial charge >= 0.3 is 0 Å².